The maximum absolute atomic E-state index is 4.72. The van der Waals surface area contributed by atoms with Gasteiger partial charge in [0, 0.05) is 26.3 Å². The third-order valence-corrected chi connectivity index (χ3v) is 5.43. The molecular formula is C22H35IN6. The Bertz CT molecular complexity index is 747. The molecule has 2 aromatic rings. The van der Waals surface area contributed by atoms with Crippen LogP contribution in [0.4, 0.5) is 0 Å². The van der Waals surface area contributed by atoms with Gasteiger partial charge >= 0.3 is 0 Å². The third kappa shape index (κ3) is 7.62. The summed E-state index contributed by atoms with van der Waals surface area (Å²) in [5, 5.41) is 10.9. The summed E-state index contributed by atoms with van der Waals surface area (Å²) in [5.74, 6) is 1.71. The molecule has 6 nitrogen and oxygen atoms in total. The van der Waals surface area contributed by atoms with E-state index < -0.39 is 0 Å². The van der Waals surface area contributed by atoms with Crippen LogP contribution in [0.15, 0.2) is 41.5 Å². The predicted octanol–water partition coefficient (Wildman–Crippen LogP) is 3.53. The molecule has 29 heavy (non-hydrogen) atoms. The summed E-state index contributed by atoms with van der Waals surface area (Å²) >= 11 is 0. The van der Waals surface area contributed by atoms with Gasteiger partial charge in [-0.3, -0.25) is 9.58 Å². The van der Waals surface area contributed by atoms with Crippen LogP contribution < -0.4 is 10.6 Å². The van der Waals surface area contributed by atoms with Crippen molar-refractivity contribution in [1.82, 2.24) is 25.3 Å². The summed E-state index contributed by atoms with van der Waals surface area (Å²) in [6, 6.07) is 10.9. The van der Waals surface area contributed by atoms with Crippen LogP contribution >= 0.6 is 24.0 Å². The minimum absolute atomic E-state index is 0. The van der Waals surface area contributed by atoms with Gasteiger partial charge in [0.05, 0.1) is 18.8 Å². The zero-order valence-electron chi connectivity index (χ0n) is 17.9. The summed E-state index contributed by atoms with van der Waals surface area (Å²) < 4.78 is 1.87. The molecule has 0 unspecified atom stereocenters. The van der Waals surface area contributed by atoms with Crippen molar-refractivity contribution >= 4 is 29.9 Å². The fraction of sp³-hybridized carbons (Fsp3) is 0.545. The predicted molar refractivity (Wildman–Crippen MR) is 130 cm³/mol. The van der Waals surface area contributed by atoms with Gasteiger partial charge in [0.1, 0.15) is 0 Å². The van der Waals surface area contributed by atoms with Crippen LogP contribution in [0.25, 0.3) is 0 Å². The van der Waals surface area contributed by atoms with Gasteiger partial charge in [-0.05, 0) is 56.0 Å². The summed E-state index contributed by atoms with van der Waals surface area (Å²) in [6.07, 6.45) is 4.46. The minimum Gasteiger partial charge on any atom is -0.357 e. The fourth-order valence-electron chi connectivity index (χ4n) is 3.49. The van der Waals surface area contributed by atoms with E-state index in [0.717, 1.165) is 30.7 Å². The number of benzene rings is 1. The Kier molecular flexibility index (Phi) is 9.93. The molecule has 1 aliphatic rings. The van der Waals surface area contributed by atoms with Crippen LogP contribution in [0.1, 0.15) is 43.5 Å². The average Bonchev–Trinajstić information content (AvgIpc) is 3.12. The Hall–Kier alpha value is -1.61. The van der Waals surface area contributed by atoms with E-state index >= 15 is 0 Å². The highest BCUT2D eigenvalue weighted by molar-refractivity contribution is 14.0. The number of aromatic nitrogens is 2. The van der Waals surface area contributed by atoms with Gasteiger partial charge in [0.2, 0.25) is 0 Å². The van der Waals surface area contributed by atoms with E-state index in [1.807, 2.05) is 24.0 Å². The number of hydrogen-bond acceptors (Lipinski definition) is 3. The van der Waals surface area contributed by atoms with Crippen LogP contribution in [0, 0.1) is 5.92 Å². The van der Waals surface area contributed by atoms with Crippen molar-refractivity contribution in [2.75, 3.05) is 19.6 Å². The van der Waals surface area contributed by atoms with Crippen molar-refractivity contribution in [3.63, 3.8) is 0 Å². The van der Waals surface area contributed by atoms with Crippen molar-refractivity contribution in [2.45, 2.75) is 46.3 Å². The zero-order valence-corrected chi connectivity index (χ0v) is 20.2. The number of halogens is 1. The van der Waals surface area contributed by atoms with Gasteiger partial charge in [-0.1, -0.05) is 31.2 Å². The largest absolute Gasteiger partial charge is 0.357 e. The molecule has 1 fully saturated rings. The highest BCUT2D eigenvalue weighted by Gasteiger charge is 2.15. The monoisotopic (exact) mass is 510 g/mol. The summed E-state index contributed by atoms with van der Waals surface area (Å²) in [7, 11) is 1.95. The molecule has 0 aliphatic carbocycles. The number of guanidine groups is 1. The second-order valence-electron chi connectivity index (χ2n) is 7.77. The quantitative estimate of drug-likeness (QED) is 0.340. The fourth-order valence-corrected chi connectivity index (χ4v) is 3.49. The molecule has 2 heterocycles. The highest BCUT2D eigenvalue weighted by atomic mass is 127. The Morgan fingerprint density at radius 1 is 1.10 bits per heavy atom. The first-order valence-electron chi connectivity index (χ1n) is 10.4. The lowest BCUT2D eigenvalue weighted by atomic mass is 9.99. The molecule has 1 aromatic heterocycles. The Labute approximate surface area is 192 Å². The molecule has 0 saturated carbocycles. The number of nitrogens with one attached hydrogen (secondary N) is 2. The average molecular weight is 510 g/mol. The van der Waals surface area contributed by atoms with E-state index in [0.29, 0.717) is 13.1 Å². The van der Waals surface area contributed by atoms with E-state index in [1.54, 1.807) is 0 Å². The van der Waals surface area contributed by atoms with Gasteiger partial charge in [-0.15, -0.1) is 24.0 Å². The van der Waals surface area contributed by atoms with Crippen molar-refractivity contribution in [1.29, 1.82) is 0 Å². The smallest absolute Gasteiger partial charge is 0.191 e. The zero-order chi connectivity index (χ0) is 19.8. The van der Waals surface area contributed by atoms with E-state index in [2.05, 4.69) is 58.7 Å². The van der Waals surface area contributed by atoms with Crippen LogP contribution in [-0.2, 0) is 26.7 Å². The molecule has 0 amide bonds. The molecule has 2 N–H and O–H groups in total. The lowest BCUT2D eigenvalue weighted by molar-refractivity contribution is 0.185. The maximum atomic E-state index is 4.72. The van der Waals surface area contributed by atoms with Crippen LogP contribution in [0.2, 0.25) is 0 Å². The van der Waals surface area contributed by atoms with Gasteiger partial charge in [-0.2, -0.15) is 5.10 Å². The first-order valence-corrected chi connectivity index (χ1v) is 10.4. The Morgan fingerprint density at radius 2 is 1.79 bits per heavy atom. The third-order valence-electron chi connectivity index (χ3n) is 5.43. The van der Waals surface area contributed by atoms with Gasteiger partial charge in [-0.25, -0.2) is 4.99 Å². The second-order valence-corrected chi connectivity index (χ2v) is 7.77. The van der Waals surface area contributed by atoms with E-state index in [9.17, 15) is 0 Å². The molecule has 0 bridgehead atoms. The van der Waals surface area contributed by atoms with Crippen LogP contribution in [0.3, 0.4) is 0 Å². The molecule has 0 radical (unpaired) electrons. The SMILES string of the molecule is CCNC(=NCc1ccc(CN2CCC(C)CC2)cc1)NCc1ccnn1C.I. The topological polar surface area (TPSA) is 57.5 Å². The minimum atomic E-state index is 0. The van der Waals surface area contributed by atoms with Crippen molar-refractivity contribution in [3.05, 3.63) is 53.3 Å². The number of piperidine rings is 1. The molecule has 1 aromatic carbocycles. The number of aryl methyl sites for hydroxylation is 1. The molecular weight excluding hydrogens is 475 g/mol. The molecule has 0 atom stereocenters. The lowest BCUT2D eigenvalue weighted by Gasteiger charge is -2.30. The second kappa shape index (κ2) is 12.2. The summed E-state index contributed by atoms with van der Waals surface area (Å²) in [4.78, 5) is 7.29. The van der Waals surface area contributed by atoms with Gasteiger partial charge in [0.25, 0.3) is 0 Å². The Morgan fingerprint density at radius 3 is 2.41 bits per heavy atom. The standard InChI is InChI=1S/C22H34N6.HI/c1-4-23-22(25-16-21-9-12-26-27(21)3)24-15-19-5-7-20(8-6-19)17-28-13-10-18(2)11-14-28;/h5-9,12,18H,4,10-11,13-17H2,1-3H3,(H2,23,24,25);1H. The number of likely N-dealkylation sites (tertiary alicyclic amines) is 1. The van der Waals surface area contributed by atoms with Crippen LogP contribution in [0.5, 0.6) is 0 Å². The first kappa shape index (κ1) is 23.7. The summed E-state index contributed by atoms with van der Waals surface area (Å²) in [5.41, 5.74) is 3.75. The molecule has 3 rings (SSSR count). The van der Waals surface area contributed by atoms with Crippen LogP contribution in [-0.4, -0.2) is 40.3 Å². The molecule has 1 saturated heterocycles. The number of aliphatic imine (C=N–C) groups is 1. The van der Waals surface area contributed by atoms with E-state index in [1.165, 1.54) is 37.1 Å². The lowest BCUT2D eigenvalue weighted by Crippen LogP contribution is -2.37. The maximum Gasteiger partial charge on any atom is 0.191 e. The number of nitrogens with zero attached hydrogens (tertiary/aromatic N) is 4. The van der Waals surface area contributed by atoms with Gasteiger partial charge < -0.3 is 10.6 Å². The molecule has 7 heteroatoms. The number of hydrogen-bond donors (Lipinski definition) is 2. The van der Waals surface area contributed by atoms with Crippen molar-refractivity contribution < 1.29 is 0 Å². The van der Waals surface area contributed by atoms with Crippen molar-refractivity contribution in [3.8, 4) is 0 Å². The molecule has 1 aliphatic heterocycles. The number of rotatable bonds is 7. The highest BCUT2D eigenvalue weighted by Crippen LogP contribution is 2.18. The Balaban J connectivity index is 0.00000300. The summed E-state index contributed by atoms with van der Waals surface area (Å²) in [6.45, 7) is 10.2. The van der Waals surface area contributed by atoms with E-state index in [-0.39, 0.29) is 24.0 Å². The normalized spacial score (nSPS) is 15.8. The van der Waals surface area contributed by atoms with Crippen molar-refractivity contribution in [2.24, 2.45) is 18.0 Å². The van der Waals surface area contributed by atoms with Gasteiger partial charge in [0.15, 0.2) is 5.96 Å². The first-order chi connectivity index (χ1) is 13.6. The molecule has 160 valence electrons. The van der Waals surface area contributed by atoms with E-state index in [4.69, 9.17) is 4.99 Å². The molecule has 0 spiro atoms.